The van der Waals surface area contributed by atoms with Crippen LogP contribution in [0, 0.1) is 0 Å². The number of para-hydroxylation sites is 1. The monoisotopic (exact) mass is 494 g/mol. The molecule has 0 fully saturated rings. The topological polar surface area (TPSA) is 41.6 Å². The number of benzene rings is 2. The highest BCUT2D eigenvalue weighted by atomic mass is 16.7. The van der Waals surface area contributed by atoms with Crippen LogP contribution in [0.1, 0.15) is 127 Å². The molecular formula is C32H50N2O2. The third-order valence-electron chi connectivity index (χ3n) is 7.32. The zero-order chi connectivity index (χ0) is 26.2. The van der Waals surface area contributed by atoms with Gasteiger partial charge in [0.15, 0.2) is 0 Å². The largest absolute Gasteiger partial charge is 0.345 e. The quantitative estimate of drug-likeness (QED) is 0.176. The van der Waals surface area contributed by atoms with Crippen molar-refractivity contribution in [1.29, 1.82) is 0 Å². The minimum atomic E-state index is -0.172. The number of unbranched alkanes of at least 4 members (excludes halogenated alkanes) is 7. The Bertz CT molecular complexity index is 839. The van der Waals surface area contributed by atoms with Crippen molar-refractivity contribution in [2.45, 2.75) is 117 Å². The summed E-state index contributed by atoms with van der Waals surface area (Å²) in [5.41, 5.74) is 4.44. The van der Waals surface area contributed by atoms with E-state index >= 15 is 0 Å². The Morgan fingerprint density at radius 1 is 0.778 bits per heavy atom. The maximum absolute atomic E-state index is 13.6. The van der Waals surface area contributed by atoms with Gasteiger partial charge < -0.3 is 5.32 Å². The molecular weight excluding hydrogens is 444 g/mol. The van der Waals surface area contributed by atoms with E-state index in [0.717, 1.165) is 36.9 Å². The summed E-state index contributed by atoms with van der Waals surface area (Å²) in [4.78, 5) is 19.7. The molecule has 2 amide bonds. The first-order chi connectivity index (χ1) is 17.5. The Hall–Kier alpha value is -2.33. The summed E-state index contributed by atoms with van der Waals surface area (Å²) in [6.07, 6.45) is 11.9. The lowest BCUT2D eigenvalue weighted by Gasteiger charge is -2.26. The Labute approximate surface area is 220 Å². The van der Waals surface area contributed by atoms with Crippen LogP contribution in [0.3, 0.4) is 0 Å². The number of nitrogens with one attached hydrogen (secondary N) is 1. The molecule has 0 spiro atoms. The third kappa shape index (κ3) is 9.97. The summed E-state index contributed by atoms with van der Waals surface area (Å²) in [5, 5.41) is 4.84. The summed E-state index contributed by atoms with van der Waals surface area (Å²) in [5.74, 6) is 0.742. The van der Waals surface area contributed by atoms with Gasteiger partial charge in [-0.25, -0.2) is 9.86 Å². The predicted molar refractivity (Wildman–Crippen MR) is 153 cm³/mol. The molecule has 0 aliphatic heterocycles. The Morgan fingerprint density at radius 3 is 1.89 bits per heavy atom. The summed E-state index contributed by atoms with van der Waals surface area (Å²) < 4.78 is 0. The van der Waals surface area contributed by atoms with Crippen molar-refractivity contribution in [2.75, 3.05) is 11.9 Å². The van der Waals surface area contributed by atoms with E-state index in [-0.39, 0.29) is 6.03 Å². The molecule has 0 heterocycles. The number of anilines is 1. The Morgan fingerprint density at radius 2 is 1.33 bits per heavy atom. The van der Waals surface area contributed by atoms with Crippen LogP contribution >= 0.6 is 0 Å². The first kappa shape index (κ1) is 29.9. The van der Waals surface area contributed by atoms with Crippen molar-refractivity contribution in [1.82, 2.24) is 5.06 Å². The van der Waals surface area contributed by atoms with E-state index in [4.69, 9.17) is 4.84 Å². The van der Waals surface area contributed by atoms with Crippen molar-refractivity contribution >= 4 is 11.7 Å². The lowest BCUT2D eigenvalue weighted by Crippen LogP contribution is -2.36. The van der Waals surface area contributed by atoms with Gasteiger partial charge in [0.05, 0.1) is 6.54 Å². The SMILES string of the molecule is CCCCCCCCCCN(OCc1ccccc1)C(=O)Nc1c(C(C)CC)cccc1C(C)CC. The number of urea groups is 1. The molecule has 36 heavy (non-hydrogen) atoms. The number of hydrogen-bond donors (Lipinski definition) is 1. The lowest BCUT2D eigenvalue weighted by atomic mass is 9.89. The molecule has 4 heteroatoms. The smallest absolute Gasteiger partial charge is 0.305 e. The van der Waals surface area contributed by atoms with Gasteiger partial charge in [-0.2, -0.15) is 0 Å². The Balaban J connectivity index is 2.11. The molecule has 0 bridgehead atoms. The van der Waals surface area contributed by atoms with E-state index in [1.54, 1.807) is 5.06 Å². The highest BCUT2D eigenvalue weighted by Gasteiger charge is 2.21. The second kappa shape index (κ2) is 17.2. The van der Waals surface area contributed by atoms with Crippen molar-refractivity contribution < 1.29 is 9.63 Å². The molecule has 2 aromatic carbocycles. The van der Waals surface area contributed by atoms with E-state index in [9.17, 15) is 4.79 Å². The Kier molecular flexibility index (Phi) is 14.3. The first-order valence-electron chi connectivity index (χ1n) is 14.4. The highest BCUT2D eigenvalue weighted by Crippen LogP contribution is 2.35. The fraction of sp³-hybridized carbons (Fsp3) is 0.594. The number of amides is 2. The van der Waals surface area contributed by atoms with Crippen LogP contribution < -0.4 is 5.32 Å². The molecule has 0 aliphatic carbocycles. The van der Waals surface area contributed by atoms with Gasteiger partial charge in [-0.3, -0.25) is 4.84 Å². The maximum atomic E-state index is 13.6. The van der Waals surface area contributed by atoms with Gasteiger partial charge in [-0.1, -0.05) is 128 Å². The van der Waals surface area contributed by atoms with Crippen molar-refractivity contribution in [3.8, 4) is 0 Å². The second-order valence-electron chi connectivity index (χ2n) is 10.2. The fourth-order valence-corrected chi connectivity index (χ4v) is 4.50. The van der Waals surface area contributed by atoms with Crippen LogP contribution in [0.2, 0.25) is 0 Å². The minimum absolute atomic E-state index is 0.172. The van der Waals surface area contributed by atoms with Gasteiger partial charge in [-0.15, -0.1) is 0 Å². The zero-order valence-electron chi connectivity index (χ0n) is 23.5. The van der Waals surface area contributed by atoms with E-state index in [0.29, 0.717) is 25.0 Å². The van der Waals surface area contributed by atoms with Crippen LogP contribution in [-0.2, 0) is 11.4 Å². The van der Waals surface area contributed by atoms with Crippen LogP contribution in [0.5, 0.6) is 0 Å². The number of rotatable bonds is 17. The second-order valence-corrected chi connectivity index (χ2v) is 10.2. The lowest BCUT2D eigenvalue weighted by molar-refractivity contribution is -0.125. The maximum Gasteiger partial charge on any atom is 0.345 e. The number of hydroxylamine groups is 2. The van der Waals surface area contributed by atoms with E-state index < -0.39 is 0 Å². The molecule has 2 atom stereocenters. The summed E-state index contributed by atoms with van der Waals surface area (Å²) >= 11 is 0. The molecule has 2 unspecified atom stereocenters. The standard InChI is InChI=1S/C32H50N2O2/c1-6-9-10-11-12-13-14-18-24-34(36-25-28-20-16-15-17-21-28)32(35)33-31-29(26(4)7-2)22-19-23-30(31)27(5)8-3/h15-17,19-23,26-27H,6-14,18,24-25H2,1-5H3,(H,33,35). The van der Waals surface area contributed by atoms with Gasteiger partial charge in [0.2, 0.25) is 0 Å². The normalized spacial score (nSPS) is 12.8. The zero-order valence-corrected chi connectivity index (χ0v) is 23.5. The molecule has 0 saturated carbocycles. The molecule has 0 saturated heterocycles. The fourth-order valence-electron chi connectivity index (χ4n) is 4.50. The van der Waals surface area contributed by atoms with Gasteiger partial charge >= 0.3 is 6.03 Å². The van der Waals surface area contributed by atoms with Crippen molar-refractivity contribution in [3.05, 3.63) is 65.2 Å². The first-order valence-corrected chi connectivity index (χ1v) is 14.4. The van der Waals surface area contributed by atoms with E-state index in [2.05, 4.69) is 58.1 Å². The minimum Gasteiger partial charge on any atom is -0.305 e. The molecule has 0 aliphatic rings. The predicted octanol–water partition coefficient (Wildman–Crippen LogP) is 9.82. The van der Waals surface area contributed by atoms with Crippen molar-refractivity contribution in [2.24, 2.45) is 0 Å². The average molecular weight is 495 g/mol. The van der Waals surface area contributed by atoms with Crippen LogP contribution in [0.4, 0.5) is 10.5 Å². The van der Waals surface area contributed by atoms with E-state index in [1.165, 1.54) is 49.7 Å². The van der Waals surface area contributed by atoms with Crippen LogP contribution in [-0.4, -0.2) is 17.6 Å². The van der Waals surface area contributed by atoms with Gasteiger partial charge in [0.1, 0.15) is 6.61 Å². The molecule has 2 rings (SSSR count). The van der Waals surface area contributed by atoms with Crippen molar-refractivity contribution in [3.63, 3.8) is 0 Å². The third-order valence-corrected chi connectivity index (χ3v) is 7.32. The van der Waals surface area contributed by atoms with E-state index in [1.807, 2.05) is 30.3 Å². The van der Waals surface area contributed by atoms with Gasteiger partial charge in [0.25, 0.3) is 0 Å². The molecule has 4 nitrogen and oxygen atoms in total. The number of nitrogens with zero attached hydrogens (tertiary/aromatic N) is 1. The number of carbonyl (C=O) groups excluding carboxylic acids is 1. The molecule has 2 aromatic rings. The van der Waals surface area contributed by atoms with Crippen LogP contribution in [0.15, 0.2) is 48.5 Å². The molecule has 0 aromatic heterocycles. The highest BCUT2D eigenvalue weighted by molar-refractivity contribution is 5.90. The summed E-state index contributed by atoms with van der Waals surface area (Å²) in [6.45, 7) is 12.1. The van der Waals surface area contributed by atoms with Gasteiger partial charge in [-0.05, 0) is 47.8 Å². The molecule has 0 radical (unpaired) electrons. The van der Waals surface area contributed by atoms with Crippen LogP contribution in [0.25, 0.3) is 0 Å². The molecule has 200 valence electrons. The van der Waals surface area contributed by atoms with Gasteiger partial charge in [0, 0.05) is 5.69 Å². The summed E-state index contributed by atoms with van der Waals surface area (Å²) in [7, 11) is 0. The number of hydrogen-bond acceptors (Lipinski definition) is 2. The summed E-state index contributed by atoms with van der Waals surface area (Å²) in [6, 6.07) is 16.3. The average Bonchev–Trinajstić information content (AvgIpc) is 2.91. The molecule has 1 N–H and O–H groups in total. The number of carbonyl (C=O) groups is 1.